The summed E-state index contributed by atoms with van der Waals surface area (Å²) in [6.07, 6.45) is 3.30. The van der Waals surface area contributed by atoms with Gasteiger partial charge in [-0.15, -0.1) is 0 Å². The molecule has 1 saturated heterocycles. The van der Waals surface area contributed by atoms with Crippen molar-refractivity contribution in [1.29, 1.82) is 0 Å². The molecule has 2 aliphatic heterocycles. The first-order chi connectivity index (χ1) is 9.17. The smallest absolute Gasteiger partial charge is 0.263 e. The second-order valence-electron chi connectivity index (χ2n) is 4.76. The molecule has 0 saturated carbocycles. The third-order valence-electron chi connectivity index (χ3n) is 3.41. The molecule has 3 rings (SSSR count). The zero-order valence-corrected chi connectivity index (χ0v) is 11.3. The summed E-state index contributed by atoms with van der Waals surface area (Å²) >= 11 is 0. The molecule has 1 aromatic rings. The fourth-order valence-corrected chi connectivity index (χ4v) is 3.69. The summed E-state index contributed by atoms with van der Waals surface area (Å²) in [6.45, 7) is 1.41. The highest BCUT2D eigenvalue weighted by Crippen LogP contribution is 2.22. The van der Waals surface area contributed by atoms with Crippen molar-refractivity contribution in [3.05, 3.63) is 29.8 Å². The molecule has 1 N–H and O–H groups in total. The topological polar surface area (TPSA) is 67.8 Å². The van der Waals surface area contributed by atoms with Crippen molar-refractivity contribution < 1.29 is 13.2 Å². The Morgan fingerprint density at radius 2 is 2.21 bits per heavy atom. The van der Waals surface area contributed by atoms with E-state index in [-0.39, 0.29) is 6.10 Å². The van der Waals surface area contributed by atoms with Gasteiger partial charge in [0.15, 0.2) is 0 Å². The molecule has 2 aliphatic rings. The molecule has 0 bridgehead atoms. The van der Waals surface area contributed by atoms with E-state index in [9.17, 15) is 8.42 Å². The van der Waals surface area contributed by atoms with Gasteiger partial charge in [-0.2, -0.15) is 0 Å². The Labute approximate surface area is 112 Å². The van der Waals surface area contributed by atoms with Crippen molar-refractivity contribution in [3.8, 4) is 0 Å². The number of benzene rings is 1. The van der Waals surface area contributed by atoms with Crippen LogP contribution >= 0.6 is 0 Å². The minimum atomic E-state index is -3.42. The van der Waals surface area contributed by atoms with Crippen LogP contribution in [0.15, 0.2) is 34.2 Å². The van der Waals surface area contributed by atoms with E-state index in [1.165, 1.54) is 0 Å². The highest BCUT2D eigenvalue weighted by molar-refractivity contribution is 7.90. The van der Waals surface area contributed by atoms with E-state index in [4.69, 9.17) is 4.74 Å². The third kappa shape index (κ3) is 2.50. The van der Waals surface area contributed by atoms with Crippen LogP contribution in [0.25, 0.3) is 0 Å². The Kier molecular flexibility index (Phi) is 3.28. The predicted octanol–water partition coefficient (Wildman–Crippen LogP) is 1.29. The van der Waals surface area contributed by atoms with E-state index in [0.29, 0.717) is 22.8 Å². The number of nitrogens with one attached hydrogen (secondary N) is 1. The number of amidine groups is 1. The average molecular weight is 280 g/mol. The Morgan fingerprint density at radius 1 is 1.37 bits per heavy atom. The molecular formula is C13H16N2O3S. The zero-order valence-electron chi connectivity index (χ0n) is 10.5. The van der Waals surface area contributed by atoms with Gasteiger partial charge in [-0.3, -0.25) is 9.71 Å². The van der Waals surface area contributed by atoms with Gasteiger partial charge in [0.05, 0.1) is 11.0 Å². The van der Waals surface area contributed by atoms with Gasteiger partial charge < -0.3 is 4.74 Å². The minimum Gasteiger partial charge on any atom is -0.378 e. The summed E-state index contributed by atoms with van der Waals surface area (Å²) < 4.78 is 31.8. The van der Waals surface area contributed by atoms with Crippen molar-refractivity contribution in [2.24, 2.45) is 4.99 Å². The van der Waals surface area contributed by atoms with Crippen molar-refractivity contribution in [2.75, 3.05) is 13.2 Å². The molecule has 0 aromatic heterocycles. The first kappa shape index (κ1) is 12.6. The monoisotopic (exact) mass is 280 g/mol. The lowest BCUT2D eigenvalue weighted by atomic mass is 10.2. The van der Waals surface area contributed by atoms with Gasteiger partial charge in [-0.25, -0.2) is 8.42 Å². The average Bonchev–Trinajstić information content (AvgIpc) is 2.98. The number of fused-ring (bicyclic) bond motifs is 1. The molecule has 1 fully saturated rings. The number of sulfonamides is 1. The molecule has 0 aliphatic carbocycles. The number of ether oxygens (including phenoxy) is 1. The van der Waals surface area contributed by atoms with Crippen LogP contribution in [-0.2, 0) is 14.8 Å². The zero-order chi connectivity index (χ0) is 13.3. The van der Waals surface area contributed by atoms with Gasteiger partial charge in [0.1, 0.15) is 5.84 Å². The molecule has 102 valence electrons. The highest BCUT2D eigenvalue weighted by Gasteiger charge is 2.30. The fourth-order valence-electron chi connectivity index (χ4n) is 2.44. The Balaban J connectivity index is 1.75. The summed E-state index contributed by atoms with van der Waals surface area (Å²) in [4.78, 5) is 4.68. The van der Waals surface area contributed by atoms with Crippen LogP contribution in [0.3, 0.4) is 0 Å². The summed E-state index contributed by atoms with van der Waals surface area (Å²) in [5.74, 6) is 0.452. The van der Waals surface area contributed by atoms with Gasteiger partial charge in [0.25, 0.3) is 10.0 Å². The number of nitrogens with zero attached hydrogens (tertiary/aromatic N) is 1. The quantitative estimate of drug-likeness (QED) is 0.907. The van der Waals surface area contributed by atoms with E-state index >= 15 is 0 Å². The fraction of sp³-hybridized carbons (Fsp3) is 0.462. The van der Waals surface area contributed by atoms with Crippen LogP contribution in [0.2, 0.25) is 0 Å². The molecule has 5 nitrogen and oxygen atoms in total. The van der Waals surface area contributed by atoms with Crippen LogP contribution in [0, 0.1) is 0 Å². The van der Waals surface area contributed by atoms with Crippen LogP contribution in [0.4, 0.5) is 0 Å². The van der Waals surface area contributed by atoms with Crippen LogP contribution in [-0.4, -0.2) is 33.5 Å². The van der Waals surface area contributed by atoms with E-state index in [1.807, 2.05) is 6.07 Å². The third-order valence-corrected chi connectivity index (χ3v) is 4.80. The van der Waals surface area contributed by atoms with Crippen molar-refractivity contribution >= 4 is 15.9 Å². The second kappa shape index (κ2) is 4.94. The van der Waals surface area contributed by atoms with E-state index in [0.717, 1.165) is 25.9 Å². The minimum absolute atomic E-state index is 0.276. The number of aliphatic imine (C=N–C) groups is 1. The van der Waals surface area contributed by atoms with Gasteiger partial charge in [-0.05, 0) is 31.4 Å². The second-order valence-corrected chi connectivity index (χ2v) is 6.41. The molecule has 1 unspecified atom stereocenters. The molecule has 0 amide bonds. The van der Waals surface area contributed by atoms with Crippen molar-refractivity contribution in [2.45, 2.75) is 30.3 Å². The Bertz CT molecular complexity index is 604. The molecule has 0 spiro atoms. The number of hydrogen-bond acceptors (Lipinski definition) is 4. The van der Waals surface area contributed by atoms with Crippen LogP contribution in [0.5, 0.6) is 0 Å². The lowest BCUT2D eigenvalue weighted by molar-refractivity contribution is 0.106. The maximum absolute atomic E-state index is 11.9. The predicted molar refractivity (Wildman–Crippen MR) is 71.8 cm³/mol. The van der Waals surface area contributed by atoms with E-state index < -0.39 is 10.0 Å². The summed E-state index contributed by atoms with van der Waals surface area (Å²) in [7, 11) is -3.42. The number of hydrogen-bond donors (Lipinski definition) is 1. The Hall–Kier alpha value is -1.40. The maximum atomic E-state index is 11.9. The molecule has 0 radical (unpaired) electrons. The summed E-state index contributed by atoms with van der Waals surface area (Å²) in [5, 5.41) is 0. The van der Waals surface area contributed by atoms with E-state index in [2.05, 4.69) is 9.71 Å². The van der Waals surface area contributed by atoms with Crippen LogP contribution < -0.4 is 4.72 Å². The summed E-state index contributed by atoms with van der Waals surface area (Å²) in [6, 6.07) is 6.91. The lowest BCUT2D eigenvalue weighted by Crippen LogP contribution is -2.22. The SMILES string of the molecule is O=S1(=O)NC(=NCCC2CCCO2)c2ccccc21. The normalized spacial score (nSPS) is 26.3. The largest absolute Gasteiger partial charge is 0.378 e. The summed E-state index contributed by atoms with van der Waals surface area (Å²) in [5.41, 5.74) is 0.662. The molecule has 19 heavy (non-hydrogen) atoms. The van der Waals surface area contributed by atoms with Crippen molar-refractivity contribution in [1.82, 2.24) is 4.72 Å². The molecule has 2 heterocycles. The molecule has 6 heteroatoms. The molecular weight excluding hydrogens is 264 g/mol. The molecule has 1 aromatic carbocycles. The van der Waals surface area contributed by atoms with Gasteiger partial charge in [-0.1, -0.05) is 12.1 Å². The molecule has 1 atom stereocenters. The number of rotatable bonds is 3. The van der Waals surface area contributed by atoms with E-state index in [1.54, 1.807) is 18.2 Å². The highest BCUT2D eigenvalue weighted by atomic mass is 32.2. The Morgan fingerprint density at radius 3 is 3.00 bits per heavy atom. The maximum Gasteiger partial charge on any atom is 0.263 e. The van der Waals surface area contributed by atoms with Crippen molar-refractivity contribution in [3.63, 3.8) is 0 Å². The lowest BCUT2D eigenvalue weighted by Gasteiger charge is -2.06. The van der Waals surface area contributed by atoms with Gasteiger partial charge in [0, 0.05) is 18.7 Å². The van der Waals surface area contributed by atoms with Gasteiger partial charge >= 0.3 is 0 Å². The first-order valence-corrected chi connectivity index (χ1v) is 7.93. The first-order valence-electron chi connectivity index (χ1n) is 6.45. The van der Waals surface area contributed by atoms with Gasteiger partial charge in [0.2, 0.25) is 0 Å². The standard InChI is InChI=1S/C13H16N2O3S/c16-19(17)12-6-2-1-5-11(12)13(15-19)14-8-7-10-4-3-9-18-10/h1-2,5-6,10H,3-4,7-9H2,(H,14,15). The van der Waals surface area contributed by atoms with Crippen LogP contribution in [0.1, 0.15) is 24.8 Å².